The maximum absolute atomic E-state index is 11.7. The Labute approximate surface area is 87.4 Å². The Morgan fingerprint density at radius 2 is 2.07 bits per heavy atom. The summed E-state index contributed by atoms with van der Waals surface area (Å²) in [5.74, 6) is -0.152. The molecule has 1 rings (SSSR count). The smallest absolute Gasteiger partial charge is 0.192 e. The molecule has 0 aromatic carbocycles. The van der Waals surface area contributed by atoms with E-state index in [1.165, 1.54) is 25.6 Å². The Bertz CT molecular complexity index is 351. The Kier molecular flexibility index (Phi) is 4.06. The van der Waals surface area contributed by atoms with Crippen molar-refractivity contribution in [3.63, 3.8) is 0 Å². The highest BCUT2D eigenvalue weighted by molar-refractivity contribution is 7.93. The summed E-state index contributed by atoms with van der Waals surface area (Å²) in [5.41, 5.74) is 0. The van der Waals surface area contributed by atoms with E-state index >= 15 is 0 Å². The van der Waals surface area contributed by atoms with Gasteiger partial charge in [0.2, 0.25) is 0 Å². The second kappa shape index (κ2) is 4.88. The number of methoxy groups -OCH3 is 2. The van der Waals surface area contributed by atoms with E-state index in [1.807, 2.05) is 0 Å². The van der Waals surface area contributed by atoms with Crippen LogP contribution in [0.1, 0.15) is 0 Å². The van der Waals surface area contributed by atoms with Gasteiger partial charge in [0, 0.05) is 14.2 Å². The lowest BCUT2D eigenvalue weighted by atomic mass is 10.7. The molecule has 0 saturated carbocycles. The van der Waals surface area contributed by atoms with Crippen molar-refractivity contribution < 1.29 is 17.9 Å². The van der Waals surface area contributed by atoms with Gasteiger partial charge < -0.3 is 9.47 Å². The highest BCUT2D eigenvalue weighted by Gasteiger charge is 2.21. The minimum atomic E-state index is -3.27. The van der Waals surface area contributed by atoms with E-state index in [4.69, 9.17) is 9.47 Å². The van der Waals surface area contributed by atoms with Gasteiger partial charge in [-0.2, -0.15) is 0 Å². The van der Waals surface area contributed by atoms with Crippen molar-refractivity contribution in [2.45, 2.75) is 10.5 Å². The molecule has 0 aliphatic carbocycles. The zero-order valence-electron chi connectivity index (χ0n) is 7.97. The molecule has 6 heteroatoms. The van der Waals surface area contributed by atoms with E-state index in [9.17, 15) is 8.42 Å². The van der Waals surface area contributed by atoms with Gasteiger partial charge in [-0.25, -0.2) is 8.42 Å². The summed E-state index contributed by atoms with van der Waals surface area (Å²) in [5, 5.41) is 1.72. The first kappa shape index (κ1) is 11.6. The molecule has 1 heterocycles. The van der Waals surface area contributed by atoms with Crippen LogP contribution in [0.2, 0.25) is 0 Å². The summed E-state index contributed by atoms with van der Waals surface area (Å²) in [7, 11) is -0.442. The van der Waals surface area contributed by atoms with Gasteiger partial charge in [-0.1, -0.05) is 6.07 Å². The van der Waals surface area contributed by atoms with E-state index in [-0.39, 0.29) is 5.75 Å². The number of ether oxygens (including phenoxy) is 2. The SMILES string of the molecule is COC(CS(=O)(=O)c1cccs1)OC. The van der Waals surface area contributed by atoms with Crippen molar-refractivity contribution in [1.82, 2.24) is 0 Å². The summed E-state index contributed by atoms with van der Waals surface area (Å²) < 4.78 is 33.4. The first-order valence-corrected chi connectivity index (χ1v) is 6.45. The first-order valence-electron chi connectivity index (χ1n) is 3.92. The monoisotopic (exact) mass is 236 g/mol. The van der Waals surface area contributed by atoms with Crippen molar-refractivity contribution >= 4 is 21.2 Å². The van der Waals surface area contributed by atoms with Crippen LogP contribution in [0.4, 0.5) is 0 Å². The molecule has 0 N–H and O–H groups in total. The van der Waals surface area contributed by atoms with Gasteiger partial charge in [0.15, 0.2) is 16.1 Å². The molecular weight excluding hydrogens is 224 g/mol. The minimum absolute atomic E-state index is 0.152. The fourth-order valence-electron chi connectivity index (χ4n) is 0.934. The predicted molar refractivity (Wildman–Crippen MR) is 54.2 cm³/mol. The molecule has 0 fully saturated rings. The number of hydrogen-bond acceptors (Lipinski definition) is 5. The molecule has 0 spiro atoms. The van der Waals surface area contributed by atoms with Crippen molar-refractivity contribution in [2.24, 2.45) is 0 Å². The molecule has 0 radical (unpaired) electrons. The molecule has 0 aliphatic heterocycles. The van der Waals surface area contributed by atoms with Crippen molar-refractivity contribution in [3.05, 3.63) is 17.5 Å². The lowest BCUT2D eigenvalue weighted by Gasteiger charge is -2.12. The lowest BCUT2D eigenvalue weighted by molar-refractivity contribution is -0.0851. The van der Waals surface area contributed by atoms with Crippen LogP contribution in [0, 0.1) is 0 Å². The molecule has 0 bridgehead atoms. The number of thiophene rings is 1. The maximum atomic E-state index is 11.7. The van der Waals surface area contributed by atoms with Crippen LogP contribution in [0.15, 0.2) is 21.7 Å². The second-order valence-electron chi connectivity index (χ2n) is 2.61. The Morgan fingerprint density at radius 3 is 2.50 bits per heavy atom. The van der Waals surface area contributed by atoms with Crippen LogP contribution in [0.3, 0.4) is 0 Å². The average molecular weight is 236 g/mol. The molecule has 0 atom stereocenters. The first-order chi connectivity index (χ1) is 6.60. The molecule has 4 nitrogen and oxygen atoms in total. The molecule has 1 aromatic heterocycles. The summed E-state index contributed by atoms with van der Waals surface area (Å²) in [4.78, 5) is 0. The quantitative estimate of drug-likeness (QED) is 0.719. The third-order valence-corrected chi connectivity index (χ3v) is 4.86. The largest absolute Gasteiger partial charge is 0.355 e. The van der Waals surface area contributed by atoms with E-state index in [0.717, 1.165) is 0 Å². The van der Waals surface area contributed by atoms with Crippen LogP contribution < -0.4 is 0 Å². The molecule has 0 saturated heterocycles. The van der Waals surface area contributed by atoms with E-state index in [1.54, 1.807) is 17.5 Å². The van der Waals surface area contributed by atoms with Crippen molar-refractivity contribution in [2.75, 3.05) is 20.0 Å². The van der Waals surface area contributed by atoms with Crippen LogP contribution in [0.5, 0.6) is 0 Å². The Balaban J connectivity index is 2.77. The summed E-state index contributed by atoms with van der Waals surface area (Å²) in [6.07, 6.45) is -0.706. The summed E-state index contributed by atoms with van der Waals surface area (Å²) in [6.45, 7) is 0. The van der Waals surface area contributed by atoms with Gasteiger partial charge in [0.1, 0.15) is 9.96 Å². The number of sulfone groups is 1. The van der Waals surface area contributed by atoms with E-state index in [0.29, 0.717) is 4.21 Å². The molecule has 80 valence electrons. The highest BCUT2D eigenvalue weighted by Crippen LogP contribution is 2.18. The minimum Gasteiger partial charge on any atom is -0.355 e. The topological polar surface area (TPSA) is 52.6 Å². The number of hydrogen-bond donors (Lipinski definition) is 0. The predicted octanol–water partition coefficient (Wildman–Crippen LogP) is 1.14. The fraction of sp³-hybridized carbons (Fsp3) is 0.500. The Morgan fingerprint density at radius 1 is 1.43 bits per heavy atom. The van der Waals surface area contributed by atoms with Crippen molar-refractivity contribution in [1.29, 1.82) is 0 Å². The van der Waals surface area contributed by atoms with Gasteiger partial charge in [0.25, 0.3) is 0 Å². The maximum Gasteiger partial charge on any atom is 0.192 e. The second-order valence-corrected chi connectivity index (χ2v) is 5.82. The van der Waals surface area contributed by atoms with Gasteiger partial charge in [0.05, 0.1) is 0 Å². The molecule has 0 unspecified atom stereocenters. The summed E-state index contributed by atoms with van der Waals surface area (Å²) in [6, 6.07) is 3.27. The standard InChI is InChI=1S/C8H12O4S2/c1-11-7(12-2)6-14(9,10)8-4-3-5-13-8/h3-5,7H,6H2,1-2H3. The average Bonchev–Trinajstić information content (AvgIpc) is 2.67. The number of rotatable bonds is 5. The van der Waals surface area contributed by atoms with Crippen molar-refractivity contribution in [3.8, 4) is 0 Å². The molecule has 0 amide bonds. The van der Waals surface area contributed by atoms with Crippen LogP contribution in [-0.4, -0.2) is 34.7 Å². The van der Waals surface area contributed by atoms with E-state index < -0.39 is 16.1 Å². The zero-order valence-corrected chi connectivity index (χ0v) is 9.60. The molecular formula is C8H12O4S2. The Hall–Kier alpha value is -0.430. The fourth-order valence-corrected chi connectivity index (χ4v) is 3.42. The highest BCUT2D eigenvalue weighted by atomic mass is 32.2. The van der Waals surface area contributed by atoms with Gasteiger partial charge >= 0.3 is 0 Å². The molecule has 14 heavy (non-hydrogen) atoms. The van der Waals surface area contributed by atoms with Crippen LogP contribution in [0.25, 0.3) is 0 Å². The van der Waals surface area contributed by atoms with E-state index in [2.05, 4.69) is 0 Å². The van der Waals surface area contributed by atoms with Crippen LogP contribution >= 0.6 is 11.3 Å². The zero-order chi connectivity index (χ0) is 10.6. The third kappa shape index (κ3) is 2.78. The lowest BCUT2D eigenvalue weighted by Crippen LogP contribution is -2.24. The van der Waals surface area contributed by atoms with Gasteiger partial charge in [-0.15, -0.1) is 11.3 Å². The van der Waals surface area contributed by atoms with Gasteiger partial charge in [-0.05, 0) is 11.4 Å². The molecule has 0 aliphatic rings. The normalized spacial score (nSPS) is 12.2. The van der Waals surface area contributed by atoms with Crippen LogP contribution in [-0.2, 0) is 19.3 Å². The third-order valence-electron chi connectivity index (χ3n) is 1.68. The summed E-state index contributed by atoms with van der Waals surface area (Å²) >= 11 is 1.19. The van der Waals surface area contributed by atoms with Gasteiger partial charge in [-0.3, -0.25) is 0 Å². The molecule has 1 aromatic rings.